The maximum Gasteiger partial charge on any atom is 0.341 e. The number of esters is 1. The highest BCUT2D eigenvalue weighted by atomic mass is 32.2. The number of hydrogen-bond acceptors (Lipinski definition) is 7. The fraction of sp³-hybridized carbons (Fsp3) is 0.438. The summed E-state index contributed by atoms with van der Waals surface area (Å²) in [6.45, 7) is 2.68. The molecule has 0 fully saturated rings. The van der Waals surface area contributed by atoms with E-state index in [0.717, 1.165) is 0 Å². The Kier molecular flexibility index (Phi) is 6.26. The number of carbonyl (C=O) groups is 2. The molecule has 1 aliphatic rings. The topological polar surface area (TPSA) is 145 Å². The van der Waals surface area contributed by atoms with Crippen molar-refractivity contribution in [3.8, 4) is 0 Å². The number of carbonyl (C=O) groups excluding carboxylic acids is 2. The molecule has 0 aromatic heterocycles. The smallest absolute Gasteiger partial charge is 0.341 e. The van der Waals surface area contributed by atoms with Crippen LogP contribution in [0.1, 0.15) is 25.5 Å². The van der Waals surface area contributed by atoms with Gasteiger partial charge < -0.3 is 10.1 Å². The van der Waals surface area contributed by atoms with Crippen LogP contribution >= 0.6 is 0 Å². The first-order valence-electron chi connectivity index (χ1n) is 8.11. The van der Waals surface area contributed by atoms with Crippen LogP contribution in [0.2, 0.25) is 0 Å². The maximum absolute atomic E-state index is 12.5. The number of aliphatic imine (C=N–C) groups is 1. The summed E-state index contributed by atoms with van der Waals surface area (Å²) in [6, 6.07) is 3.92. The van der Waals surface area contributed by atoms with Crippen LogP contribution in [0.5, 0.6) is 0 Å². The highest BCUT2D eigenvalue weighted by Gasteiger charge is 2.38. The fourth-order valence-corrected chi connectivity index (χ4v) is 3.23. The third-order valence-electron chi connectivity index (χ3n) is 4.14. The molecule has 146 valence electrons. The van der Waals surface area contributed by atoms with Gasteiger partial charge in [0.2, 0.25) is 0 Å². The van der Waals surface area contributed by atoms with E-state index in [1.54, 1.807) is 0 Å². The zero-order chi connectivity index (χ0) is 20.2. The summed E-state index contributed by atoms with van der Waals surface area (Å²) in [5.74, 6) is -2.05. The van der Waals surface area contributed by atoms with Gasteiger partial charge in [-0.15, -0.1) is 0 Å². The van der Waals surface area contributed by atoms with Gasteiger partial charge in [-0.2, -0.15) is 0 Å². The van der Waals surface area contributed by atoms with Crippen molar-refractivity contribution in [2.45, 2.75) is 19.9 Å². The van der Waals surface area contributed by atoms with Gasteiger partial charge in [0.25, 0.3) is 5.69 Å². The van der Waals surface area contributed by atoms with Crippen LogP contribution in [-0.2, 0) is 19.4 Å². The maximum atomic E-state index is 12.5. The summed E-state index contributed by atoms with van der Waals surface area (Å²) in [6.07, 6.45) is 0. The number of amides is 2. The highest BCUT2D eigenvalue weighted by Crippen LogP contribution is 2.29. The SMILES string of the molecule is CCS(=O)(=O)CCOC(=O)C1C(C)=NC(=O)NC1c1ccc([N+](=O)[O-])cc1. The van der Waals surface area contributed by atoms with Crippen LogP contribution in [0.3, 0.4) is 0 Å². The molecule has 0 saturated heterocycles. The average Bonchev–Trinajstić information content (AvgIpc) is 2.60. The van der Waals surface area contributed by atoms with E-state index in [1.807, 2.05) is 0 Å². The lowest BCUT2D eigenvalue weighted by molar-refractivity contribution is -0.384. The molecule has 2 atom stereocenters. The van der Waals surface area contributed by atoms with E-state index in [1.165, 1.54) is 38.1 Å². The second kappa shape index (κ2) is 8.25. The first kappa shape index (κ1) is 20.5. The van der Waals surface area contributed by atoms with E-state index < -0.39 is 38.7 Å². The van der Waals surface area contributed by atoms with Crippen molar-refractivity contribution < 1.29 is 27.7 Å². The third-order valence-corrected chi connectivity index (χ3v) is 5.80. The van der Waals surface area contributed by atoms with Gasteiger partial charge in [-0.25, -0.2) is 18.2 Å². The Hall–Kier alpha value is -2.82. The monoisotopic (exact) mass is 397 g/mol. The van der Waals surface area contributed by atoms with Crippen molar-refractivity contribution in [3.63, 3.8) is 0 Å². The fourth-order valence-electron chi connectivity index (χ4n) is 2.61. The molecule has 1 aromatic carbocycles. The lowest BCUT2D eigenvalue weighted by Gasteiger charge is -2.29. The molecule has 0 saturated carbocycles. The molecule has 2 amide bonds. The molecule has 0 spiro atoms. The molecule has 10 nitrogen and oxygen atoms in total. The summed E-state index contributed by atoms with van der Waals surface area (Å²) >= 11 is 0. The minimum atomic E-state index is -3.29. The largest absolute Gasteiger partial charge is 0.464 e. The molecule has 0 aliphatic carbocycles. The number of benzene rings is 1. The Balaban J connectivity index is 2.21. The van der Waals surface area contributed by atoms with Crippen LogP contribution in [0.25, 0.3) is 0 Å². The van der Waals surface area contributed by atoms with E-state index in [2.05, 4.69) is 10.3 Å². The van der Waals surface area contributed by atoms with Gasteiger partial charge in [-0.3, -0.25) is 14.9 Å². The van der Waals surface area contributed by atoms with Gasteiger partial charge in [0, 0.05) is 23.6 Å². The van der Waals surface area contributed by atoms with Crippen molar-refractivity contribution in [2.75, 3.05) is 18.1 Å². The van der Waals surface area contributed by atoms with Gasteiger partial charge in [0.05, 0.1) is 16.7 Å². The summed E-state index contributed by atoms with van der Waals surface area (Å²) < 4.78 is 28.1. The number of ether oxygens (including phenoxy) is 1. The van der Waals surface area contributed by atoms with E-state index in [0.29, 0.717) is 5.56 Å². The Morgan fingerprint density at radius 3 is 2.52 bits per heavy atom. The second-order valence-corrected chi connectivity index (χ2v) is 8.38. The van der Waals surface area contributed by atoms with Crippen LogP contribution in [0.15, 0.2) is 29.3 Å². The van der Waals surface area contributed by atoms with Crippen molar-refractivity contribution in [2.24, 2.45) is 10.9 Å². The van der Waals surface area contributed by atoms with Gasteiger partial charge in [-0.05, 0) is 12.5 Å². The molecule has 0 bridgehead atoms. The zero-order valence-corrected chi connectivity index (χ0v) is 15.6. The van der Waals surface area contributed by atoms with Crippen molar-refractivity contribution >= 4 is 33.2 Å². The summed E-state index contributed by atoms with van der Waals surface area (Å²) in [7, 11) is -3.29. The molecule has 2 rings (SSSR count). The average molecular weight is 397 g/mol. The van der Waals surface area contributed by atoms with Crippen molar-refractivity contribution in [1.29, 1.82) is 0 Å². The van der Waals surface area contributed by atoms with E-state index in [-0.39, 0.29) is 29.5 Å². The molecule has 11 heteroatoms. The first-order valence-corrected chi connectivity index (χ1v) is 9.94. The number of non-ortho nitro benzene ring substituents is 1. The number of nitro groups is 1. The Morgan fingerprint density at radius 1 is 1.33 bits per heavy atom. The lowest BCUT2D eigenvalue weighted by Crippen LogP contribution is -2.44. The molecule has 1 N–H and O–H groups in total. The van der Waals surface area contributed by atoms with Gasteiger partial charge in [0.1, 0.15) is 12.5 Å². The predicted molar refractivity (Wildman–Crippen MR) is 96.3 cm³/mol. The standard InChI is InChI=1S/C16H19N3O7S/c1-3-27(24,25)9-8-26-15(20)13-10(2)17-16(21)18-14(13)11-4-6-12(7-5-11)19(22)23/h4-7,13-14H,3,8-9H2,1-2H3,(H,18,21). The minimum absolute atomic E-state index is 0.0596. The molecule has 1 aliphatic heterocycles. The van der Waals surface area contributed by atoms with Crippen molar-refractivity contribution in [1.82, 2.24) is 5.32 Å². The first-order chi connectivity index (χ1) is 12.6. The zero-order valence-electron chi connectivity index (χ0n) is 14.7. The molecular formula is C16H19N3O7S. The number of nitrogens with zero attached hydrogens (tertiary/aromatic N) is 2. The normalized spacial score (nSPS) is 19.8. The van der Waals surface area contributed by atoms with Crippen LogP contribution in [-0.4, -0.2) is 49.2 Å². The summed E-state index contributed by atoms with van der Waals surface area (Å²) in [5.41, 5.74) is 0.548. The van der Waals surface area contributed by atoms with Gasteiger partial charge in [-0.1, -0.05) is 19.1 Å². The number of urea groups is 1. The number of nitro benzene ring substituents is 1. The van der Waals surface area contributed by atoms with Crippen LogP contribution < -0.4 is 5.32 Å². The molecule has 1 heterocycles. The van der Waals surface area contributed by atoms with Gasteiger partial charge >= 0.3 is 12.0 Å². The minimum Gasteiger partial charge on any atom is -0.464 e. The third kappa shape index (κ3) is 5.09. The number of rotatable bonds is 7. The highest BCUT2D eigenvalue weighted by molar-refractivity contribution is 7.91. The van der Waals surface area contributed by atoms with Crippen molar-refractivity contribution in [3.05, 3.63) is 39.9 Å². The Bertz CT molecular complexity index is 878. The Morgan fingerprint density at radius 2 is 1.96 bits per heavy atom. The van der Waals surface area contributed by atoms with Crippen LogP contribution in [0.4, 0.5) is 10.5 Å². The predicted octanol–water partition coefficient (Wildman–Crippen LogP) is 1.41. The van der Waals surface area contributed by atoms with E-state index >= 15 is 0 Å². The Labute approximate surface area is 155 Å². The number of sulfone groups is 1. The number of hydrogen-bond donors (Lipinski definition) is 1. The molecule has 1 aromatic rings. The van der Waals surface area contributed by atoms with E-state index in [4.69, 9.17) is 4.74 Å². The number of nitrogens with one attached hydrogen (secondary N) is 1. The summed E-state index contributed by atoms with van der Waals surface area (Å²) in [5, 5.41) is 13.3. The van der Waals surface area contributed by atoms with Crippen LogP contribution in [0, 0.1) is 16.0 Å². The lowest BCUT2D eigenvalue weighted by atomic mass is 9.88. The van der Waals surface area contributed by atoms with Gasteiger partial charge in [0.15, 0.2) is 9.84 Å². The molecular weight excluding hydrogens is 378 g/mol. The molecule has 0 radical (unpaired) electrons. The molecule has 2 unspecified atom stereocenters. The molecule has 27 heavy (non-hydrogen) atoms. The summed E-state index contributed by atoms with van der Waals surface area (Å²) in [4.78, 5) is 38.2. The second-order valence-electron chi connectivity index (χ2n) is 5.91. The quantitative estimate of drug-likeness (QED) is 0.416. The van der Waals surface area contributed by atoms with E-state index in [9.17, 15) is 28.1 Å².